The van der Waals surface area contributed by atoms with E-state index in [-0.39, 0.29) is 0 Å². The molecule has 3 nitrogen and oxygen atoms in total. The lowest BCUT2D eigenvalue weighted by Crippen LogP contribution is -2.21. The molecule has 1 rings (SSSR count). The molecule has 1 aliphatic carbocycles. The number of rotatable bonds is 6. The molecule has 0 unspecified atom stereocenters. The molecule has 0 amide bonds. The summed E-state index contributed by atoms with van der Waals surface area (Å²) in [7, 11) is 0. The molecule has 0 aromatic heterocycles. The van der Waals surface area contributed by atoms with Gasteiger partial charge < -0.3 is 10.2 Å². The van der Waals surface area contributed by atoms with E-state index in [4.69, 9.17) is 4.84 Å². The SMILES string of the molecule is C/C(=N\OCCNC1CC1)C(C)C. The van der Waals surface area contributed by atoms with Crippen LogP contribution >= 0.6 is 0 Å². The zero-order valence-corrected chi connectivity index (χ0v) is 8.84. The molecular formula is C10H20N2O. The topological polar surface area (TPSA) is 33.6 Å². The minimum atomic E-state index is 0.483. The van der Waals surface area contributed by atoms with Crippen LogP contribution < -0.4 is 5.32 Å². The molecule has 0 radical (unpaired) electrons. The van der Waals surface area contributed by atoms with E-state index in [1.165, 1.54) is 12.8 Å². The Kier molecular flexibility index (Phi) is 4.22. The lowest BCUT2D eigenvalue weighted by Gasteiger charge is -2.04. The molecule has 0 aromatic carbocycles. The highest BCUT2D eigenvalue weighted by molar-refractivity contribution is 5.83. The number of hydrogen-bond acceptors (Lipinski definition) is 3. The van der Waals surface area contributed by atoms with Crippen LogP contribution in [0.5, 0.6) is 0 Å². The van der Waals surface area contributed by atoms with Gasteiger partial charge in [0.1, 0.15) is 6.61 Å². The van der Waals surface area contributed by atoms with Gasteiger partial charge in [0, 0.05) is 12.6 Å². The quantitative estimate of drug-likeness (QED) is 0.388. The minimum absolute atomic E-state index is 0.483. The summed E-state index contributed by atoms with van der Waals surface area (Å²) in [6.07, 6.45) is 2.66. The second kappa shape index (κ2) is 5.22. The van der Waals surface area contributed by atoms with Crippen LogP contribution in [0, 0.1) is 5.92 Å². The number of nitrogens with zero attached hydrogens (tertiary/aromatic N) is 1. The van der Waals surface area contributed by atoms with Crippen molar-refractivity contribution in [3.05, 3.63) is 0 Å². The molecule has 0 heterocycles. The molecule has 3 heteroatoms. The lowest BCUT2D eigenvalue weighted by atomic mass is 10.1. The largest absolute Gasteiger partial charge is 0.394 e. The summed E-state index contributed by atoms with van der Waals surface area (Å²) in [6.45, 7) is 7.83. The second-order valence-electron chi connectivity index (χ2n) is 3.95. The average molecular weight is 184 g/mol. The highest BCUT2D eigenvalue weighted by Gasteiger charge is 2.19. The van der Waals surface area contributed by atoms with Crippen LogP contribution in [0.4, 0.5) is 0 Å². The van der Waals surface area contributed by atoms with Gasteiger partial charge in [0.05, 0.1) is 5.71 Å². The maximum atomic E-state index is 5.16. The average Bonchev–Trinajstić information content (AvgIpc) is 2.87. The van der Waals surface area contributed by atoms with E-state index < -0.39 is 0 Å². The second-order valence-corrected chi connectivity index (χ2v) is 3.95. The third kappa shape index (κ3) is 4.88. The van der Waals surface area contributed by atoms with Crippen LogP contribution in [-0.2, 0) is 4.84 Å². The van der Waals surface area contributed by atoms with Gasteiger partial charge in [-0.3, -0.25) is 0 Å². The van der Waals surface area contributed by atoms with Gasteiger partial charge in [-0.1, -0.05) is 19.0 Å². The fraction of sp³-hybridized carbons (Fsp3) is 0.900. The van der Waals surface area contributed by atoms with E-state index in [0.717, 1.165) is 18.3 Å². The molecule has 1 fully saturated rings. The van der Waals surface area contributed by atoms with Crippen molar-refractivity contribution in [1.82, 2.24) is 5.32 Å². The minimum Gasteiger partial charge on any atom is -0.394 e. The maximum absolute atomic E-state index is 5.16. The molecule has 0 saturated heterocycles. The zero-order valence-electron chi connectivity index (χ0n) is 8.84. The van der Waals surface area contributed by atoms with Gasteiger partial charge in [-0.25, -0.2) is 0 Å². The van der Waals surface area contributed by atoms with E-state index in [9.17, 15) is 0 Å². The molecule has 0 atom stereocenters. The van der Waals surface area contributed by atoms with E-state index in [1.807, 2.05) is 6.92 Å². The van der Waals surface area contributed by atoms with Gasteiger partial charge in [0.25, 0.3) is 0 Å². The molecule has 0 spiro atoms. The van der Waals surface area contributed by atoms with Crippen molar-refractivity contribution in [3.63, 3.8) is 0 Å². The highest BCUT2D eigenvalue weighted by Crippen LogP contribution is 2.17. The van der Waals surface area contributed by atoms with E-state index in [2.05, 4.69) is 24.3 Å². The van der Waals surface area contributed by atoms with Crippen LogP contribution in [0.15, 0.2) is 5.16 Å². The van der Waals surface area contributed by atoms with Crippen molar-refractivity contribution in [2.24, 2.45) is 11.1 Å². The van der Waals surface area contributed by atoms with Gasteiger partial charge in [0.2, 0.25) is 0 Å². The van der Waals surface area contributed by atoms with Gasteiger partial charge in [0.15, 0.2) is 0 Å². The Bertz CT molecular complexity index is 174. The van der Waals surface area contributed by atoms with Crippen molar-refractivity contribution in [3.8, 4) is 0 Å². The van der Waals surface area contributed by atoms with Crippen molar-refractivity contribution in [2.45, 2.75) is 39.7 Å². The monoisotopic (exact) mass is 184 g/mol. The van der Waals surface area contributed by atoms with Crippen molar-refractivity contribution >= 4 is 5.71 Å². The fourth-order valence-corrected chi connectivity index (χ4v) is 0.849. The molecule has 0 aliphatic heterocycles. The van der Waals surface area contributed by atoms with Crippen LogP contribution in [0.1, 0.15) is 33.6 Å². The summed E-state index contributed by atoms with van der Waals surface area (Å²) in [4.78, 5) is 5.16. The normalized spacial score (nSPS) is 18.0. The molecule has 0 aromatic rings. The lowest BCUT2D eigenvalue weighted by molar-refractivity contribution is 0.144. The van der Waals surface area contributed by atoms with Gasteiger partial charge in [-0.15, -0.1) is 0 Å². The first-order chi connectivity index (χ1) is 6.20. The first-order valence-corrected chi connectivity index (χ1v) is 5.10. The Balaban J connectivity index is 1.95. The Morgan fingerprint density at radius 3 is 2.77 bits per heavy atom. The zero-order chi connectivity index (χ0) is 9.68. The highest BCUT2D eigenvalue weighted by atomic mass is 16.6. The van der Waals surface area contributed by atoms with Crippen LogP contribution in [0.3, 0.4) is 0 Å². The predicted molar refractivity (Wildman–Crippen MR) is 54.9 cm³/mol. The number of oxime groups is 1. The predicted octanol–water partition coefficient (Wildman–Crippen LogP) is 1.79. The third-order valence-corrected chi connectivity index (χ3v) is 2.25. The molecule has 1 aliphatic rings. The Morgan fingerprint density at radius 2 is 2.23 bits per heavy atom. The van der Waals surface area contributed by atoms with Crippen molar-refractivity contribution in [1.29, 1.82) is 0 Å². The smallest absolute Gasteiger partial charge is 0.129 e. The molecular weight excluding hydrogens is 164 g/mol. The molecule has 0 bridgehead atoms. The van der Waals surface area contributed by atoms with E-state index in [0.29, 0.717) is 12.5 Å². The Morgan fingerprint density at radius 1 is 1.54 bits per heavy atom. The van der Waals surface area contributed by atoms with Crippen molar-refractivity contribution in [2.75, 3.05) is 13.2 Å². The third-order valence-electron chi connectivity index (χ3n) is 2.25. The molecule has 1 saturated carbocycles. The van der Waals surface area contributed by atoms with Crippen molar-refractivity contribution < 1.29 is 4.84 Å². The van der Waals surface area contributed by atoms with Crippen LogP contribution in [0.25, 0.3) is 0 Å². The summed E-state index contributed by atoms with van der Waals surface area (Å²) in [5.41, 5.74) is 1.06. The summed E-state index contributed by atoms with van der Waals surface area (Å²) in [6, 6.07) is 0.763. The first-order valence-electron chi connectivity index (χ1n) is 5.10. The van der Waals surface area contributed by atoms with Gasteiger partial charge >= 0.3 is 0 Å². The fourth-order valence-electron chi connectivity index (χ4n) is 0.849. The van der Waals surface area contributed by atoms with Crippen LogP contribution in [0.2, 0.25) is 0 Å². The Hall–Kier alpha value is -0.570. The summed E-state index contributed by atoms with van der Waals surface area (Å²) in [5.74, 6) is 0.483. The van der Waals surface area contributed by atoms with E-state index in [1.54, 1.807) is 0 Å². The molecule has 76 valence electrons. The number of hydrogen-bond donors (Lipinski definition) is 1. The molecule has 13 heavy (non-hydrogen) atoms. The Labute approximate surface area is 80.5 Å². The standard InChI is InChI=1S/C10H20N2O/c1-8(2)9(3)12-13-7-6-11-10-4-5-10/h8,10-11H,4-7H2,1-3H3/b12-9+. The van der Waals surface area contributed by atoms with Gasteiger partial charge in [-0.2, -0.15) is 0 Å². The van der Waals surface area contributed by atoms with Crippen LogP contribution in [-0.4, -0.2) is 24.9 Å². The maximum Gasteiger partial charge on any atom is 0.129 e. The summed E-state index contributed by atoms with van der Waals surface area (Å²) >= 11 is 0. The van der Waals surface area contributed by atoms with Gasteiger partial charge in [-0.05, 0) is 25.7 Å². The summed E-state index contributed by atoms with van der Waals surface area (Å²) in [5, 5.41) is 7.38. The van der Waals surface area contributed by atoms with E-state index >= 15 is 0 Å². The number of nitrogens with one attached hydrogen (secondary N) is 1. The summed E-state index contributed by atoms with van der Waals surface area (Å²) < 4.78 is 0. The molecule has 1 N–H and O–H groups in total. The first kappa shape index (κ1) is 10.5.